The maximum absolute atomic E-state index is 14.2. The quantitative estimate of drug-likeness (QED) is 0.794. The van der Waals surface area contributed by atoms with Crippen LogP contribution in [0.1, 0.15) is 18.4 Å². The van der Waals surface area contributed by atoms with Gasteiger partial charge in [-0.05, 0) is 31.0 Å². The minimum Gasteiger partial charge on any atom is -0.310 e. The number of aromatic nitrogens is 2. The van der Waals surface area contributed by atoms with Gasteiger partial charge in [0.25, 0.3) is 0 Å². The van der Waals surface area contributed by atoms with Crippen molar-refractivity contribution in [1.29, 1.82) is 0 Å². The van der Waals surface area contributed by atoms with Gasteiger partial charge in [-0.25, -0.2) is 9.07 Å². The van der Waals surface area contributed by atoms with Crippen molar-refractivity contribution in [3.8, 4) is 5.69 Å². The molecule has 1 saturated carbocycles. The first kappa shape index (κ1) is 12.5. The maximum atomic E-state index is 14.2. The highest BCUT2D eigenvalue weighted by atomic mass is 19.1. The number of halogens is 1. The van der Waals surface area contributed by atoms with E-state index in [9.17, 15) is 4.39 Å². The molecule has 0 aliphatic heterocycles. The second-order valence-corrected chi connectivity index (χ2v) is 5.51. The first-order valence-electron chi connectivity index (χ1n) is 7.27. The minimum absolute atomic E-state index is 0.180. The Morgan fingerprint density at radius 1 is 1.14 bits per heavy atom. The number of nitrogens with one attached hydrogen (secondary N) is 1. The zero-order valence-electron chi connectivity index (χ0n) is 11.6. The lowest BCUT2D eigenvalue weighted by Gasteiger charge is -2.12. The first-order valence-corrected chi connectivity index (χ1v) is 7.27. The molecule has 0 spiro atoms. The fourth-order valence-corrected chi connectivity index (χ4v) is 2.62. The lowest BCUT2D eigenvalue weighted by atomic mass is 10.1. The first-order chi connectivity index (χ1) is 10.3. The van der Waals surface area contributed by atoms with Crippen LogP contribution in [0.15, 0.2) is 48.7 Å². The molecule has 21 heavy (non-hydrogen) atoms. The van der Waals surface area contributed by atoms with Gasteiger partial charge in [0.15, 0.2) is 0 Å². The number of hydrogen-bond acceptors (Lipinski definition) is 2. The van der Waals surface area contributed by atoms with E-state index in [1.165, 1.54) is 18.9 Å². The molecule has 3 nitrogen and oxygen atoms in total. The fourth-order valence-electron chi connectivity index (χ4n) is 2.62. The van der Waals surface area contributed by atoms with Crippen LogP contribution < -0.4 is 5.32 Å². The maximum Gasteiger partial charge on any atom is 0.129 e. The van der Waals surface area contributed by atoms with Crippen LogP contribution in [0.4, 0.5) is 4.39 Å². The third kappa shape index (κ3) is 2.32. The van der Waals surface area contributed by atoms with Crippen molar-refractivity contribution in [2.45, 2.75) is 25.4 Å². The molecular weight excluding hydrogens is 265 g/mol. The summed E-state index contributed by atoms with van der Waals surface area (Å²) in [6, 6.07) is 13.7. The van der Waals surface area contributed by atoms with E-state index in [1.54, 1.807) is 6.07 Å². The molecule has 1 heterocycles. The average Bonchev–Trinajstić information content (AvgIpc) is 3.23. The molecule has 0 saturated heterocycles. The fraction of sp³-hybridized carbons (Fsp3) is 0.235. The summed E-state index contributed by atoms with van der Waals surface area (Å²) in [5.41, 5.74) is 2.48. The molecule has 1 fully saturated rings. The van der Waals surface area contributed by atoms with Crippen LogP contribution in [0, 0.1) is 5.82 Å². The van der Waals surface area contributed by atoms with Gasteiger partial charge < -0.3 is 5.32 Å². The molecule has 1 N–H and O–H groups in total. The molecule has 0 atom stereocenters. The van der Waals surface area contributed by atoms with Gasteiger partial charge in [-0.3, -0.25) is 0 Å². The Morgan fingerprint density at radius 2 is 2.00 bits per heavy atom. The molecule has 1 aromatic heterocycles. The van der Waals surface area contributed by atoms with Crippen LogP contribution >= 0.6 is 0 Å². The van der Waals surface area contributed by atoms with Gasteiger partial charge >= 0.3 is 0 Å². The van der Waals surface area contributed by atoms with Gasteiger partial charge in [0.05, 0.1) is 17.4 Å². The van der Waals surface area contributed by atoms with Gasteiger partial charge in [-0.1, -0.05) is 24.3 Å². The smallest absolute Gasteiger partial charge is 0.129 e. The topological polar surface area (TPSA) is 29.9 Å². The summed E-state index contributed by atoms with van der Waals surface area (Å²) < 4.78 is 16.1. The Labute approximate surface area is 122 Å². The van der Waals surface area contributed by atoms with Crippen molar-refractivity contribution in [2.75, 3.05) is 0 Å². The number of benzene rings is 2. The second kappa shape index (κ2) is 4.97. The van der Waals surface area contributed by atoms with Crippen molar-refractivity contribution in [2.24, 2.45) is 0 Å². The van der Waals surface area contributed by atoms with Gasteiger partial charge in [-0.15, -0.1) is 0 Å². The van der Waals surface area contributed by atoms with Crippen molar-refractivity contribution < 1.29 is 4.39 Å². The van der Waals surface area contributed by atoms with E-state index in [2.05, 4.69) is 10.4 Å². The van der Waals surface area contributed by atoms with Crippen LogP contribution in [-0.4, -0.2) is 15.8 Å². The van der Waals surface area contributed by atoms with Gasteiger partial charge in [0.1, 0.15) is 5.82 Å². The highest BCUT2D eigenvalue weighted by molar-refractivity contribution is 5.80. The van der Waals surface area contributed by atoms with Crippen molar-refractivity contribution in [1.82, 2.24) is 15.1 Å². The van der Waals surface area contributed by atoms with Gasteiger partial charge in [0, 0.05) is 23.5 Å². The van der Waals surface area contributed by atoms with Crippen molar-refractivity contribution in [3.63, 3.8) is 0 Å². The summed E-state index contributed by atoms with van der Waals surface area (Å²) in [4.78, 5) is 0. The molecule has 2 aromatic carbocycles. The van der Waals surface area contributed by atoms with Gasteiger partial charge in [0.2, 0.25) is 0 Å². The molecule has 1 aliphatic rings. The number of nitrogens with zero attached hydrogens (tertiary/aromatic N) is 2. The van der Waals surface area contributed by atoms with Crippen LogP contribution in [0.25, 0.3) is 16.6 Å². The predicted octanol–water partition coefficient (Wildman–Crippen LogP) is 3.42. The standard InChI is InChI=1S/C17H16FN3/c18-15-5-3-7-17(14(15)11-19-13-8-9-13)21-16-6-2-1-4-12(16)10-20-21/h1-7,10,13,19H,8-9,11H2. The number of hydrogen-bond donors (Lipinski definition) is 1. The molecule has 0 radical (unpaired) electrons. The summed E-state index contributed by atoms with van der Waals surface area (Å²) in [6.07, 6.45) is 4.20. The Hall–Kier alpha value is -2.20. The van der Waals surface area contributed by atoms with Gasteiger partial charge in [-0.2, -0.15) is 5.10 Å². The summed E-state index contributed by atoms with van der Waals surface area (Å²) in [6.45, 7) is 0.543. The van der Waals surface area contributed by atoms with E-state index in [1.807, 2.05) is 41.2 Å². The molecule has 0 bridgehead atoms. The minimum atomic E-state index is -0.180. The van der Waals surface area contributed by atoms with Crippen molar-refractivity contribution >= 4 is 10.9 Å². The van der Waals surface area contributed by atoms with E-state index < -0.39 is 0 Å². The van der Waals surface area contributed by atoms with E-state index >= 15 is 0 Å². The Morgan fingerprint density at radius 3 is 2.86 bits per heavy atom. The summed E-state index contributed by atoms with van der Waals surface area (Å²) >= 11 is 0. The van der Waals surface area contributed by atoms with Crippen LogP contribution in [0.5, 0.6) is 0 Å². The van der Waals surface area contributed by atoms with E-state index in [-0.39, 0.29) is 5.82 Å². The number of para-hydroxylation sites is 1. The average molecular weight is 281 g/mol. The SMILES string of the molecule is Fc1cccc(-n2ncc3ccccc32)c1CNC1CC1. The molecule has 0 amide bonds. The molecule has 4 rings (SSSR count). The lowest BCUT2D eigenvalue weighted by Crippen LogP contribution is -2.18. The van der Waals surface area contributed by atoms with E-state index in [0.717, 1.165) is 16.6 Å². The Kier molecular flexibility index (Phi) is 2.97. The molecule has 3 aromatic rings. The van der Waals surface area contributed by atoms with Crippen LogP contribution in [0.2, 0.25) is 0 Å². The molecule has 106 valence electrons. The monoisotopic (exact) mass is 281 g/mol. The molecule has 0 unspecified atom stereocenters. The van der Waals surface area contributed by atoms with E-state index in [4.69, 9.17) is 0 Å². The largest absolute Gasteiger partial charge is 0.310 e. The zero-order chi connectivity index (χ0) is 14.2. The molecule has 4 heteroatoms. The van der Waals surface area contributed by atoms with E-state index in [0.29, 0.717) is 18.2 Å². The summed E-state index contributed by atoms with van der Waals surface area (Å²) in [5, 5.41) is 8.87. The third-order valence-corrected chi connectivity index (χ3v) is 3.94. The number of rotatable bonds is 4. The zero-order valence-corrected chi connectivity index (χ0v) is 11.6. The summed E-state index contributed by atoms with van der Waals surface area (Å²) in [7, 11) is 0. The highest BCUT2D eigenvalue weighted by Crippen LogP contribution is 2.25. The Bertz CT molecular complexity index is 790. The molecule has 1 aliphatic carbocycles. The second-order valence-electron chi connectivity index (χ2n) is 5.51. The Balaban J connectivity index is 1.81. The predicted molar refractivity (Wildman–Crippen MR) is 80.9 cm³/mol. The number of fused-ring (bicyclic) bond motifs is 1. The van der Waals surface area contributed by atoms with Crippen LogP contribution in [-0.2, 0) is 6.54 Å². The summed E-state index contributed by atoms with van der Waals surface area (Å²) in [5.74, 6) is -0.180. The molecular formula is C17H16FN3. The lowest BCUT2D eigenvalue weighted by molar-refractivity contribution is 0.583. The highest BCUT2D eigenvalue weighted by Gasteiger charge is 2.22. The normalized spacial score (nSPS) is 14.7. The third-order valence-electron chi connectivity index (χ3n) is 3.94. The van der Waals surface area contributed by atoms with Crippen LogP contribution in [0.3, 0.4) is 0 Å². The van der Waals surface area contributed by atoms with Crippen molar-refractivity contribution in [3.05, 3.63) is 60.0 Å².